The fraction of sp³-hybridized carbons (Fsp3) is 0.200. The van der Waals surface area contributed by atoms with Crippen molar-refractivity contribution in [2.75, 3.05) is 0 Å². The van der Waals surface area contributed by atoms with Crippen molar-refractivity contribution >= 4 is 11.6 Å². The minimum atomic E-state index is -0.389. The van der Waals surface area contributed by atoms with Gasteiger partial charge in [0.2, 0.25) is 11.8 Å². The van der Waals surface area contributed by atoms with E-state index < -0.39 is 0 Å². The van der Waals surface area contributed by atoms with Crippen LogP contribution in [0.25, 0.3) is 0 Å². The summed E-state index contributed by atoms with van der Waals surface area (Å²) in [6.07, 6.45) is 0.232. The minimum absolute atomic E-state index is 0.177. The number of hydrogen-bond acceptors (Lipinski definition) is 4. The summed E-state index contributed by atoms with van der Waals surface area (Å²) in [7, 11) is 0. The van der Waals surface area contributed by atoms with Gasteiger partial charge in [-0.3, -0.25) is 0 Å². The summed E-state index contributed by atoms with van der Waals surface area (Å²) >= 11 is 5.64. The largest absolute Gasteiger partial charge is 0.424 e. The monoisotopic (exact) mass is 241 g/mol. The molecule has 0 bridgehead atoms. The molecule has 2 N–H and O–H groups in total. The molecular formula is C10H9ClFN3O. The molecule has 1 heterocycles. The maximum absolute atomic E-state index is 13.4. The van der Waals surface area contributed by atoms with Crippen LogP contribution in [0.1, 0.15) is 17.3 Å². The molecule has 16 heavy (non-hydrogen) atoms. The summed E-state index contributed by atoms with van der Waals surface area (Å²) in [6, 6.07) is 4.45. The van der Waals surface area contributed by atoms with Crippen molar-refractivity contribution in [3.63, 3.8) is 0 Å². The third-order valence-corrected chi connectivity index (χ3v) is 2.28. The van der Waals surface area contributed by atoms with Crippen molar-refractivity contribution in [1.82, 2.24) is 10.2 Å². The molecule has 0 spiro atoms. The Hall–Kier alpha value is -1.46. The molecule has 6 heteroatoms. The average Bonchev–Trinajstić information content (AvgIpc) is 2.70. The summed E-state index contributed by atoms with van der Waals surface area (Å²) in [5.74, 6) is 0.283. The minimum Gasteiger partial charge on any atom is -0.424 e. The average molecular weight is 242 g/mol. The van der Waals surface area contributed by atoms with Crippen LogP contribution in [0, 0.1) is 5.82 Å². The highest BCUT2D eigenvalue weighted by molar-refractivity contribution is 6.30. The second kappa shape index (κ2) is 4.59. The normalized spacial score (nSPS) is 10.7. The first-order chi connectivity index (χ1) is 7.69. The van der Waals surface area contributed by atoms with Gasteiger partial charge in [0.1, 0.15) is 5.82 Å². The zero-order chi connectivity index (χ0) is 11.5. The molecule has 0 saturated carbocycles. The van der Waals surface area contributed by atoms with Gasteiger partial charge in [-0.05, 0) is 17.7 Å². The van der Waals surface area contributed by atoms with Crippen LogP contribution in [-0.2, 0) is 13.0 Å². The second-order valence-corrected chi connectivity index (χ2v) is 3.64. The van der Waals surface area contributed by atoms with Gasteiger partial charge in [-0.15, -0.1) is 10.2 Å². The SMILES string of the molecule is NCc1nnc(Cc2ccc(Cl)cc2F)o1. The van der Waals surface area contributed by atoms with Gasteiger partial charge >= 0.3 is 0 Å². The van der Waals surface area contributed by atoms with Gasteiger partial charge in [0.05, 0.1) is 13.0 Å². The van der Waals surface area contributed by atoms with E-state index in [2.05, 4.69) is 10.2 Å². The van der Waals surface area contributed by atoms with Crippen LogP contribution in [0.2, 0.25) is 5.02 Å². The van der Waals surface area contributed by atoms with Crippen LogP contribution in [-0.4, -0.2) is 10.2 Å². The molecule has 4 nitrogen and oxygen atoms in total. The lowest BCUT2D eigenvalue weighted by atomic mass is 10.1. The summed E-state index contributed by atoms with van der Waals surface area (Å²) in [5, 5.41) is 7.79. The Morgan fingerprint density at radius 3 is 2.69 bits per heavy atom. The number of nitrogens with zero attached hydrogens (tertiary/aromatic N) is 2. The molecule has 0 radical (unpaired) electrons. The van der Waals surface area contributed by atoms with E-state index in [9.17, 15) is 4.39 Å². The maximum atomic E-state index is 13.4. The summed E-state index contributed by atoms with van der Waals surface area (Å²) in [4.78, 5) is 0. The highest BCUT2D eigenvalue weighted by atomic mass is 35.5. The molecule has 1 aromatic heterocycles. The lowest BCUT2D eigenvalue weighted by Gasteiger charge is -1.99. The number of nitrogens with two attached hydrogens (primary N) is 1. The van der Waals surface area contributed by atoms with Gasteiger partial charge in [-0.2, -0.15) is 0 Å². The first kappa shape index (κ1) is 11.0. The topological polar surface area (TPSA) is 64.9 Å². The van der Waals surface area contributed by atoms with Gasteiger partial charge < -0.3 is 10.2 Å². The summed E-state index contributed by atoms with van der Waals surface area (Å²) < 4.78 is 18.6. The summed E-state index contributed by atoms with van der Waals surface area (Å²) in [5.41, 5.74) is 5.77. The fourth-order valence-electron chi connectivity index (χ4n) is 1.27. The Kier molecular flexibility index (Phi) is 3.17. The zero-order valence-electron chi connectivity index (χ0n) is 8.28. The molecule has 0 aliphatic rings. The lowest BCUT2D eigenvalue weighted by Crippen LogP contribution is -1.95. The van der Waals surface area contributed by atoms with E-state index >= 15 is 0 Å². The predicted molar refractivity (Wildman–Crippen MR) is 56.4 cm³/mol. The van der Waals surface area contributed by atoms with Crippen molar-refractivity contribution in [2.45, 2.75) is 13.0 Å². The Bertz CT molecular complexity index is 501. The molecule has 2 aromatic rings. The van der Waals surface area contributed by atoms with Crippen molar-refractivity contribution in [2.24, 2.45) is 5.73 Å². The maximum Gasteiger partial charge on any atom is 0.230 e. The van der Waals surface area contributed by atoms with Crippen LogP contribution >= 0.6 is 11.6 Å². The first-order valence-corrected chi connectivity index (χ1v) is 5.02. The van der Waals surface area contributed by atoms with E-state index in [1.54, 1.807) is 12.1 Å². The number of halogens is 2. The molecule has 0 aliphatic carbocycles. The Labute approximate surface area is 96.2 Å². The van der Waals surface area contributed by atoms with Crippen molar-refractivity contribution < 1.29 is 8.81 Å². The van der Waals surface area contributed by atoms with Crippen molar-refractivity contribution in [3.8, 4) is 0 Å². The third kappa shape index (κ3) is 2.37. The molecule has 0 saturated heterocycles. The molecule has 0 atom stereocenters. The molecule has 0 aliphatic heterocycles. The van der Waals surface area contributed by atoms with Crippen LogP contribution in [0.4, 0.5) is 4.39 Å². The van der Waals surface area contributed by atoms with E-state index in [1.165, 1.54) is 6.07 Å². The van der Waals surface area contributed by atoms with E-state index in [-0.39, 0.29) is 18.8 Å². The molecule has 84 valence electrons. The highest BCUT2D eigenvalue weighted by Crippen LogP contribution is 2.17. The third-order valence-electron chi connectivity index (χ3n) is 2.04. The smallest absolute Gasteiger partial charge is 0.230 e. The molecular weight excluding hydrogens is 233 g/mol. The lowest BCUT2D eigenvalue weighted by molar-refractivity contribution is 0.456. The Morgan fingerprint density at radius 1 is 1.31 bits per heavy atom. The van der Waals surface area contributed by atoms with Gasteiger partial charge in [0.15, 0.2) is 0 Å². The van der Waals surface area contributed by atoms with Gasteiger partial charge in [0, 0.05) is 5.02 Å². The number of benzene rings is 1. The van der Waals surface area contributed by atoms with Crippen LogP contribution < -0.4 is 5.73 Å². The second-order valence-electron chi connectivity index (χ2n) is 3.21. The van der Waals surface area contributed by atoms with Crippen molar-refractivity contribution in [1.29, 1.82) is 0 Å². The standard InChI is InChI=1S/C10H9ClFN3O/c11-7-2-1-6(8(12)4-7)3-9-14-15-10(5-13)16-9/h1-2,4H,3,5,13H2. The highest BCUT2D eigenvalue weighted by Gasteiger charge is 2.09. The molecule has 0 fully saturated rings. The van der Waals surface area contributed by atoms with Crippen LogP contribution in [0.5, 0.6) is 0 Å². The molecule has 2 rings (SSSR count). The predicted octanol–water partition coefficient (Wildman–Crippen LogP) is 1.91. The Morgan fingerprint density at radius 2 is 2.06 bits per heavy atom. The van der Waals surface area contributed by atoms with E-state index in [0.29, 0.717) is 22.4 Å². The van der Waals surface area contributed by atoms with Crippen LogP contribution in [0.15, 0.2) is 22.6 Å². The molecule has 0 amide bonds. The zero-order valence-corrected chi connectivity index (χ0v) is 9.04. The van der Waals surface area contributed by atoms with E-state index in [1.807, 2.05) is 0 Å². The molecule has 0 unspecified atom stereocenters. The van der Waals surface area contributed by atoms with Crippen molar-refractivity contribution in [3.05, 3.63) is 46.4 Å². The van der Waals surface area contributed by atoms with E-state index in [0.717, 1.165) is 0 Å². The summed E-state index contributed by atoms with van der Waals surface area (Å²) in [6.45, 7) is 0.177. The quantitative estimate of drug-likeness (QED) is 0.892. The van der Waals surface area contributed by atoms with Gasteiger partial charge in [0.25, 0.3) is 0 Å². The van der Waals surface area contributed by atoms with Gasteiger partial charge in [-0.1, -0.05) is 17.7 Å². The number of hydrogen-bond donors (Lipinski definition) is 1. The van der Waals surface area contributed by atoms with Gasteiger partial charge in [-0.25, -0.2) is 4.39 Å². The number of rotatable bonds is 3. The van der Waals surface area contributed by atoms with Crippen LogP contribution in [0.3, 0.4) is 0 Å². The Balaban J connectivity index is 2.20. The molecule has 1 aromatic carbocycles. The number of aromatic nitrogens is 2. The first-order valence-electron chi connectivity index (χ1n) is 4.64. The van der Waals surface area contributed by atoms with E-state index in [4.69, 9.17) is 21.8 Å². The fourth-order valence-corrected chi connectivity index (χ4v) is 1.43.